The first-order valence-electron chi connectivity index (χ1n) is 7.26. The molecule has 0 atom stereocenters. The van der Waals surface area contributed by atoms with Crippen LogP contribution in [-0.4, -0.2) is 27.4 Å². The van der Waals surface area contributed by atoms with Gasteiger partial charge in [-0.15, -0.1) is 0 Å². The second kappa shape index (κ2) is 8.03. The molecule has 0 saturated carbocycles. The third-order valence-electron chi connectivity index (χ3n) is 3.18. The van der Waals surface area contributed by atoms with Gasteiger partial charge in [0, 0.05) is 29.9 Å². The van der Waals surface area contributed by atoms with Crippen molar-refractivity contribution in [2.75, 3.05) is 38.9 Å². The van der Waals surface area contributed by atoms with Gasteiger partial charge in [0.2, 0.25) is 0 Å². The van der Waals surface area contributed by atoms with E-state index < -0.39 is 0 Å². The van der Waals surface area contributed by atoms with E-state index in [9.17, 15) is 0 Å². The highest BCUT2D eigenvalue weighted by atomic mass is 16.5. The second-order valence-corrected chi connectivity index (χ2v) is 4.87. The molecule has 0 saturated heterocycles. The highest BCUT2D eigenvalue weighted by molar-refractivity contribution is 5.52. The molecule has 0 spiro atoms. The summed E-state index contributed by atoms with van der Waals surface area (Å²) < 4.78 is 21.8. The molecule has 2 aromatic carbocycles. The number of anilines is 2. The van der Waals surface area contributed by atoms with Crippen LogP contribution in [0.2, 0.25) is 0 Å². The van der Waals surface area contributed by atoms with Crippen LogP contribution in [0.25, 0.3) is 0 Å². The quantitative estimate of drug-likeness (QED) is 0.574. The van der Waals surface area contributed by atoms with E-state index in [0.717, 1.165) is 0 Å². The summed E-state index contributed by atoms with van der Waals surface area (Å²) in [5.74, 6) is 2.55. The van der Waals surface area contributed by atoms with Crippen molar-refractivity contribution in [3.05, 3.63) is 36.4 Å². The van der Waals surface area contributed by atoms with Crippen molar-refractivity contribution in [3.63, 3.8) is 0 Å². The SMILES string of the molecule is COc1cc(N)ccc1OCCCOc1ccc(N)cc1OC. The third-order valence-corrected chi connectivity index (χ3v) is 3.18. The standard InChI is InChI=1S/C17H22N2O4/c1-20-16-10-12(18)4-6-14(16)22-8-3-9-23-15-7-5-13(19)11-17(15)21-2/h4-7,10-11H,3,8-9,18-19H2,1-2H3. The zero-order valence-corrected chi connectivity index (χ0v) is 13.4. The fourth-order valence-electron chi connectivity index (χ4n) is 2.03. The molecule has 4 N–H and O–H groups in total. The van der Waals surface area contributed by atoms with E-state index in [2.05, 4.69) is 0 Å². The van der Waals surface area contributed by atoms with Crippen LogP contribution in [-0.2, 0) is 0 Å². The maximum Gasteiger partial charge on any atom is 0.162 e. The normalized spacial score (nSPS) is 10.2. The lowest BCUT2D eigenvalue weighted by atomic mass is 10.3. The van der Waals surface area contributed by atoms with Gasteiger partial charge in [-0.1, -0.05) is 0 Å². The van der Waals surface area contributed by atoms with Gasteiger partial charge >= 0.3 is 0 Å². The Morgan fingerprint density at radius 3 is 1.52 bits per heavy atom. The Morgan fingerprint density at radius 1 is 0.696 bits per heavy atom. The molecular weight excluding hydrogens is 296 g/mol. The Balaban J connectivity index is 1.80. The molecule has 0 aliphatic heterocycles. The van der Waals surface area contributed by atoms with Crippen molar-refractivity contribution in [1.82, 2.24) is 0 Å². The van der Waals surface area contributed by atoms with E-state index in [1.807, 2.05) is 0 Å². The highest BCUT2D eigenvalue weighted by Crippen LogP contribution is 2.30. The molecule has 23 heavy (non-hydrogen) atoms. The van der Waals surface area contributed by atoms with Gasteiger partial charge < -0.3 is 30.4 Å². The molecule has 6 heteroatoms. The average Bonchev–Trinajstić information content (AvgIpc) is 2.56. The van der Waals surface area contributed by atoms with Gasteiger partial charge in [0.1, 0.15) is 0 Å². The van der Waals surface area contributed by atoms with Crippen LogP contribution in [0.3, 0.4) is 0 Å². The summed E-state index contributed by atoms with van der Waals surface area (Å²) in [5, 5.41) is 0. The van der Waals surface area contributed by atoms with Gasteiger partial charge in [-0.2, -0.15) is 0 Å². The van der Waals surface area contributed by atoms with Gasteiger partial charge in [0.25, 0.3) is 0 Å². The van der Waals surface area contributed by atoms with E-state index in [0.29, 0.717) is 54.0 Å². The molecule has 2 rings (SSSR count). The number of rotatable bonds is 8. The number of hydrogen-bond donors (Lipinski definition) is 2. The number of ether oxygens (including phenoxy) is 4. The zero-order valence-electron chi connectivity index (χ0n) is 13.4. The van der Waals surface area contributed by atoms with Crippen molar-refractivity contribution < 1.29 is 18.9 Å². The summed E-state index contributed by atoms with van der Waals surface area (Å²) in [7, 11) is 3.16. The zero-order chi connectivity index (χ0) is 16.7. The van der Waals surface area contributed by atoms with E-state index in [4.69, 9.17) is 30.4 Å². The first-order valence-corrected chi connectivity index (χ1v) is 7.26. The monoisotopic (exact) mass is 318 g/mol. The van der Waals surface area contributed by atoms with Crippen LogP contribution < -0.4 is 30.4 Å². The Bertz CT molecular complexity index is 591. The molecule has 0 heterocycles. The fraction of sp³-hybridized carbons (Fsp3) is 0.294. The second-order valence-electron chi connectivity index (χ2n) is 4.87. The largest absolute Gasteiger partial charge is 0.493 e. The topological polar surface area (TPSA) is 89.0 Å². The first kappa shape index (κ1) is 16.6. The Labute approximate surface area is 135 Å². The molecular formula is C17H22N2O4. The molecule has 124 valence electrons. The number of methoxy groups -OCH3 is 2. The van der Waals surface area contributed by atoms with Crippen LogP contribution in [0.15, 0.2) is 36.4 Å². The van der Waals surface area contributed by atoms with E-state index in [-0.39, 0.29) is 0 Å². The van der Waals surface area contributed by atoms with Crippen molar-refractivity contribution in [2.24, 2.45) is 0 Å². The van der Waals surface area contributed by atoms with Crippen LogP contribution in [0, 0.1) is 0 Å². The van der Waals surface area contributed by atoms with Gasteiger partial charge in [0.05, 0.1) is 27.4 Å². The molecule has 0 bridgehead atoms. The number of nitrogen functional groups attached to an aromatic ring is 2. The maximum absolute atomic E-state index is 5.71. The smallest absolute Gasteiger partial charge is 0.162 e. The van der Waals surface area contributed by atoms with Crippen LogP contribution >= 0.6 is 0 Å². The summed E-state index contributed by atoms with van der Waals surface area (Å²) in [5.41, 5.74) is 12.7. The minimum atomic E-state index is 0.498. The van der Waals surface area contributed by atoms with Crippen molar-refractivity contribution in [1.29, 1.82) is 0 Å². The summed E-state index contributed by atoms with van der Waals surface area (Å²) in [4.78, 5) is 0. The lowest BCUT2D eigenvalue weighted by molar-refractivity contribution is 0.235. The fourth-order valence-corrected chi connectivity index (χ4v) is 2.03. The summed E-state index contributed by atoms with van der Waals surface area (Å²) in [6.45, 7) is 0.995. The van der Waals surface area contributed by atoms with Gasteiger partial charge in [0.15, 0.2) is 23.0 Å². The minimum absolute atomic E-state index is 0.498. The van der Waals surface area contributed by atoms with E-state index >= 15 is 0 Å². The lowest BCUT2D eigenvalue weighted by Crippen LogP contribution is -2.06. The molecule has 0 fully saturated rings. The lowest BCUT2D eigenvalue weighted by Gasteiger charge is -2.13. The Morgan fingerprint density at radius 2 is 1.13 bits per heavy atom. The minimum Gasteiger partial charge on any atom is -0.493 e. The van der Waals surface area contributed by atoms with Crippen molar-refractivity contribution >= 4 is 11.4 Å². The van der Waals surface area contributed by atoms with Gasteiger partial charge in [-0.25, -0.2) is 0 Å². The highest BCUT2D eigenvalue weighted by Gasteiger charge is 2.06. The molecule has 0 aromatic heterocycles. The Hall–Kier alpha value is -2.76. The molecule has 0 radical (unpaired) electrons. The molecule has 0 aliphatic carbocycles. The Kier molecular flexibility index (Phi) is 5.80. The number of nitrogens with two attached hydrogens (primary N) is 2. The van der Waals surface area contributed by atoms with Crippen LogP contribution in [0.1, 0.15) is 6.42 Å². The van der Waals surface area contributed by atoms with Gasteiger partial charge in [-0.3, -0.25) is 0 Å². The summed E-state index contributed by atoms with van der Waals surface area (Å²) in [6.07, 6.45) is 0.709. The van der Waals surface area contributed by atoms with Gasteiger partial charge in [-0.05, 0) is 24.3 Å². The van der Waals surface area contributed by atoms with Crippen LogP contribution in [0.5, 0.6) is 23.0 Å². The summed E-state index contributed by atoms with van der Waals surface area (Å²) >= 11 is 0. The predicted octanol–water partition coefficient (Wildman–Crippen LogP) is 2.72. The van der Waals surface area contributed by atoms with Crippen molar-refractivity contribution in [3.8, 4) is 23.0 Å². The molecule has 0 amide bonds. The van der Waals surface area contributed by atoms with E-state index in [1.165, 1.54) is 0 Å². The van der Waals surface area contributed by atoms with E-state index in [1.54, 1.807) is 50.6 Å². The third kappa shape index (κ3) is 4.60. The molecule has 6 nitrogen and oxygen atoms in total. The maximum atomic E-state index is 5.71. The number of benzene rings is 2. The summed E-state index contributed by atoms with van der Waals surface area (Å²) in [6, 6.07) is 10.6. The molecule has 0 unspecified atom stereocenters. The average molecular weight is 318 g/mol. The molecule has 2 aromatic rings. The first-order chi connectivity index (χ1) is 11.1. The predicted molar refractivity (Wildman–Crippen MR) is 90.4 cm³/mol. The van der Waals surface area contributed by atoms with Crippen LogP contribution in [0.4, 0.5) is 11.4 Å². The van der Waals surface area contributed by atoms with Crippen molar-refractivity contribution in [2.45, 2.75) is 6.42 Å². The number of hydrogen-bond acceptors (Lipinski definition) is 6. The molecule has 0 aliphatic rings.